The number of aryl methyl sites for hydroxylation is 1. The molecule has 5 nitrogen and oxygen atoms in total. The molecule has 0 saturated carbocycles. The largest absolute Gasteiger partial charge is 0.489 e. The highest BCUT2D eigenvalue weighted by Gasteiger charge is 2.44. The topological polar surface area (TPSA) is 65.5 Å². The van der Waals surface area contributed by atoms with E-state index in [0.717, 1.165) is 17.8 Å². The molecule has 1 fully saturated rings. The summed E-state index contributed by atoms with van der Waals surface area (Å²) in [6, 6.07) is 8.80. The molecule has 9 heteroatoms. The second kappa shape index (κ2) is 7.95. The standard InChI is InChI=1S/C20H22F3NO4S/c1-14-4-3-5-17(10-14)29(25,26)19(2)8-9-27-16(11-19)13-28-15-6-7-18(24-12-15)20(21,22)23/h3-7,10,12,16H,8-9,11,13H2,1-2H3. The third-order valence-corrected chi connectivity index (χ3v) is 7.60. The summed E-state index contributed by atoms with van der Waals surface area (Å²) in [5.74, 6) is 0.162. The van der Waals surface area contributed by atoms with Crippen molar-refractivity contribution in [3.63, 3.8) is 0 Å². The van der Waals surface area contributed by atoms with E-state index in [1.807, 2.05) is 13.0 Å². The molecule has 1 aromatic heterocycles. The number of benzene rings is 1. The summed E-state index contributed by atoms with van der Waals surface area (Å²) in [5, 5.41) is 0. The van der Waals surface area contributed by atoms with Crippen molar-refractivity contribution < 1.29 is 31.1 Å². The van der Waals surface area contributed by atoms with Gasteiger partial charge in [0.25, 0.3) is 0 Å². The van der Waals surface area contributed by atoms with E-state index < -0.39 is 32.6 Å². The van der Waals surface area contributed by atoms with E-state index in [1.54, 1.807) is 25.1 Å². The highest BCUT2D eigenvalue weighted by Crippen LogP contribution is 2.37. The fourth-order valence-corrected chi connectivity index (χ4v) is 5.25. The van der Waals surface area contributed by atoms with Crippen molar-refractivity contribution in [2.45, 2.75) is 48.6 Å². The molecule has 1 saturated heterocycles. The predicted octanol–water partition coefficient (Wildman–Crippen LogP) is 4.20. The van der Waals surface area contributed by atoms with Gasteiger partial charge in [-0.25, -0.2) is 13.4 Å². The van der Waals surface area contributed by atoms with Gasteiger partial charge in [0, 0.05) is 6.61 Å². The van der Waals surface area contributed by atoms with Crippen LogP contribution in [0, 0.1) is 6.92 Å². The Balaban J connectivity index is 1.68. The number of ether oxygens (including phenoxy) is 2. The fourth-order valence-electron chi connectivity index (χ4n) is 3.32. The highest BCUT2D eigenvalue weighted by molar-refractivity contribution is 7.92. The number of halogens is 3. The number of pyridine rings is 1. The fraction of sp³-hybridized carbons (Fsp3) is 0.450. The van der Waals surface area contributed by atoms with Crippen LogP contribution >= 0.6 is 0 Å². The smallest absolute Gasteiger partial charge is 0.433 e. The average molecular weight is 429 g/mol. The number of rotatable bonds is 5. The Bertz CT molecular complexity index is 960. The quantitative estimate of drug-likeness (QED) is 0.713. The molecule has 2 aromatic rings. The van der Waals surface area contributed by atoms with Gasteiger partial charge in [-0.1, -0.05) is 12.1 Å². The summed E-state index contributed by atoms with van der Waals surface area (Å²) >= 11 is 0. The lowest BCUT2D eigenvalue weighted by Crippen LogP contribution is -2.46. The Labute approximate surface area is 167 Å². The van der Waals surface area contributed by atoms with Gasteiger partial charge in [0.2, 0.25) is 0 Å². The summed E-state index contributed by atoms with van der Waals surface area (Å²) in [5.41, 5.74) is -0.146. The third kappa shape index (κ3) is 4.72. The zero-order valence-electron chi connectivity index (χ0n) is 16.1. The lowest BCUT2D eigenvalue weighted by Gasteiger charge is -2.37. The predicted molar refractivity (Wildman–Crippen MR) is 100 cm³/mol. The molecule has 0 amide bonds. The molecule has 0 aliphatic carbocycles. The zero-order chi connectivity index (χ0) is 21.3. The van der Waals surface area contributed by atoms with E-state index in [0.29, 0.717) is 6.42 Å². The van der Waals surface area contributed by atoms with Gasteiger partial charge >= 0.3 is 6.18 Å². The van der Waals surface area contributed by atoms with Crippen LogP contribution < -0.4 is 4.74 Å². The van der Waals surface area contributed by atoms with Gasteiger partial charge in [0.15, 0.2) is 9.84 Å². The Kier molecular flexibility index (Phi) is 5.91. The number of hydrogen-bond donors (Lipinski definition) is 0. The van der Waals surface area contributed by atoms with Crippen LogP contribution in [0.25, 0.3) is 0 Å². The van der Waals surface area contributed by atoms with Gasteiger partial charge in [-0.3, -0.25) is 0 Å². The van der Waals surface area contributed by atoms with Crippen molar-refractivity contribution >= 4 is 9.84 Å². The molecule has 0 bridgehead atoms. The second-order valence-corrected chi connectivity index (χ2v) is 9.87. The lowest BCUT2D eigenvalue weighted by atomic mass is 9.97. The molecule has 0 radical (unpaired) electrons. The summed E-state index contributed by atoms with van der Waals surface area (Å²) in [7, 11) is -3.59. The Morgan fingerprint density at radius 1 is 1.28 bits per heavy atom. The van der Waals surface area contributed by atoms with Gasteiger partial charge in [0.05, 0.1) is 21.9 Å². The van der Waals surface area contributed by atoms with Crippen LogP contribution in [0.2, 0.25) is 0 Å². The first-order valence-electron chi connectivity index (χ1n) is 9.10. The van der Waals surface area contributed by atoms with Crippen LogP contribution in [-0.2, 0) is 20.8 Å². The van der Waals surface area contributed by atoms with E-state index in [9.17, 15) is 21.6 Å². The van der Waals surface area contributed by atoms with Crippen LogP contribution in [0.15, 0.2) is 47.5 Å². The first-order valence-corrected chi connectivity index (χ1v) is 10.6. The van der Waals surface area contributed by atoms with Crippen LogP contribution in [0.5, 0.6) is 5.75 Å². The zero-order valence-corrected chi connectivity index (χ0v) is 16.9. The Morgan fingerprint density at radius 2 is 2.03 bits per heavy atom. The number of aromatic nitrogens is 1. The summed E-state index contributed by atoms with van der Waals surface area (Å²) in [6.45, 7) is 3.80. The van der Waals surface area contributed by atoms with Crippen LogP contribution in [0.1, 0.15) is 31.0 Å². The molecular weight excluding hydrogens is 407 g/mol. The van der Waals surface area contributed by atoms with Crippen molar-refractivity contribution in [2.75, 3.05) is 13.2 Å². The molecule has 0 spiro atoms. The van der Waals surface area contributed by atoms with Crippen molar-refractivity contribution in [3.05, 3.63) is 53.9 Å². The molecule has 29 heavy (non-hydrogen) atoms. The van der Waals surface area contributed by atoms with Gasteiger partial charge in [-0.2, -0.15) is 13.2 Å². The van der Waals surface area contributed by atoms with Crippen molar-refractivity contribution in [2.24, 2.45) is 0 Å². The van der Waals surface area contributed by atoms with Gasteiger partial charge in [0.1, 0.15) is 18.1 Å². The maximum absolute atomic E-state index is 13.2. The molecule has 2 unspecified atom stereocenters. The van der Waals surface area contributed by atoms with Crippen molar-refractivity contribution in [1.82, 2.24) is 4.98 Å². The minimum Gasteiger partial charge on any atom is -0.489 e. The first kappa shape index (κ1) is 21.6. The maximum Gasteiger partial charge on any atom is 0.433 e. The lowest BCUT2D eigenvalue weighted by molar-refractivity contribution is -0.141. The van der Waals surface area contributed by atoms with E-state index in [4.69, 9.17) is 9.47 Å². The van der Waals surface area contributed by atoms with Crippen LogP contribution in [0.3, 0.4) is 0 Å². The van der Waals surface area contributed by atoms with E-state index in [1.165, 1.54) is 6.07 Å². The third-order valence-electron chi connectivity index (χ3n) is 5.06. The number of hydrogen-bond acceptors (Lipinski definition) is 5. The van der Waals surface area contributed by atoms with E-state index >= 15 is 0 Å². The number of sulfone groups is 1. The van der Waals surface area contributed by atoms with Crippen molar-refractivity contribution in [3.8, 4) is 5.75 Å². The van der Waals surface area contributed by atoms with E-state index in [-0.39, 0.29) is 30.3 Å². The van der Waals surface area contributed by atoms with Gasteiger partial charge in [-0.15, -0.1) is 0 Å². The van der Waals surface area contributed by atoms with Crippen LogP contribution in [-0.4, -0.2) is 37.5 Å². The SMILES string of the molecule is Cc1cccc(S(=O)(=O)C2(C)CCOC(COc3ccc(C(F)(F)F)nc3)C2)c1. The molecule has 2 atom stereocenters. The minimum atomic E-state index is -4.52. The molecule has 3 rings (SSSR count). The Morgan fingerprint density at radius 3 is 2.66 bits per heavy atom. The number of nitrogens with zero attached hydrogens (tertiary/aromatic N) is 1. The number of alkyl halides is 3. The molecule has 158 valence electrons. The first-order chi connectivity index (χ1) is 13.5. The molecule has 2 heterocycles. The maximum atomic E-state index is 13.2. The molecular formula is C20H22F3NO4S. The van der Waals surface area contributed by atoms with Gasteiger partial charge in [-0.05, 0) is 56.5 Å². The molecule has 0 N–H and O–H groups in total. The second-order valence-electron chi connectivity index (χ2n) is 7.40. The summed E-state index contributed by atoms with van der Waals surface area (Å²) < 4.78 is 74.2. The molecule has 1 aliphatic rings. The molecule has 1 aliphatic heterocycles. The highest BCUT2D eigenvalue weighted by atomic mass is 32.2. The molecule has 1 aromatic carbocycles. The Hall–Kier alpha value is -2.13. The van der Waals surface area contributed by atoms with Crippen LogP contribution in [0.4, 0.5) is 13.2 Å². The average Bonchev–Trinajstić information content (AvgIpc) is 2.66. The van der Waals surface area contributed by atoms with Gasteiger partial charge < -0.3 is 9.47 Å². The van der Waals surface area contributed by atoms with E-state index in [2.05, 4.69) is 4.98 Å². The van der Waals surface area contributed by atoms with Crippen molar-refractivity contribution in [1.29, 1.82) is 0 Å². The monoisotopic (exact) mass is 429 g/mol. The summed E-state index contributed by atoms with van der Waals surface area (Å²) in [6.07, 6.45) is -3.46. The summed E-state index contributed by atoms with van der Waals surface area (Å²) in [4.78, 5) is 3.61. The minimum absolute atomic E-state index is 0.0198. The normalized spacial score (nSPS) is 23.0.